The molecule has 5 rings (SSSR count). The first kappa shape index (κ1) is 30.0. The van der Waals surface area contributed by atoms with Gasteiger partial charge in [-0.2, -0.15) is 31.7 Å². The maximum atomic E-state index is 13.4. The van der Waals surface area contributed by atoms with Gasteiger partial charge in [-0.3, -0.25) is 0 Å². The van der Waals surface area contributed by atoms with Crippen LogP contribution in [0.15, 0.2) is 129 Å². The molecule has 1 aliphatic rings. The van der Waals surface area contributed by atoms with E-state index in [1.165, 1.54) is 5.01 Å². The van der Waals surface area contributed by atoms with E-state index in [0.29, 0.717) is 34.9 Å². The Labute approximate surface area is 251 Å². The third-order valence-electron chi connectivity index (χ3n) is 6.73. The van der Waals surface area contributed by atoms with E-state index in [-0.39, 0.29) is 24.3 Å². The Bertz CT molecular complexity index is 1780. The minimum Gasteiger partial charge on any atom is -0.383 e. The first-order chi connectivity index (χ1) is 20.5. The minimum absolute atomic E-state index is 0.0182. The Morgan fingerprint density at radius 3 is 2.09 bits per heavy atom. The molecule has 1 atom stereocenters. The molecule has 0 aromatic heterocycles. The molecule has 0 saturated carbocycles. The number of hydrogen-bond donors (Lipinski definition) is 1. The van der Waals surface area contributed by atoms with Gasteiger partial charge in [0, 0.05) is 23.0 Å². The number of hydrazone groups is 1. The van der Waals surface area contributed by atoms with E-state index < -0.39 is 26.7 Å². The quantitative estimate of drug-likeness (QED) is 0.197. The van der Waals surface area contributed by atoms with E-state index in [2.05, 4.69) is 9.39 Å². The van der Waals surface area contributed by atoms with Gasteiger partial charge in [0.25, 0.3) is 16.0 Å². The van der Waals surface area contributed by atoms with Crippen LogP contribution in [0.2, 0.25) is 5.02 Å². The maximum Gasteiger partial charge on any atom is 0.416 e. The molecule has 1 heterocycles. The van der Waals surface area contributed by atoms with Crippen molar-refractivity contribution in [1.82, 2.24) is 5.01 Å². The summed E-state index contributed by atoms with van der Waals surface area (Å²) in [4.78, 5) is 3.92. The van der Waals surface area contributed by atoms with Gasteiger partial charge < -0.3 is 5.73 Å². The van der Waals surface area contributed by atoms with Crippen molar-refractivity contribution in [2.24, 2.45) is 20.2 Å². The lowest BCUT2D eigenvalue weighted by Gasteiger charge is -2.30. The Morgan fingerprint density at radius 1 is 0.884 bits per heavy atom. The van der Waals surface area contributed by atoms with Crippen molar-refractivity contribution < 1.29 is 21.6 Å². The molecule has 1 unspecified atom stereocenters. The largest absolute Gasteiger partial charge is 0.416 e. The Hall–Kier alpha value is -4.48. The highest BCUT2D eigenvalue weighted by Gasteiger charge is 2.32. The number of sulfonamides is 1. The fourth-order valence-electron chi connectivity index (χ4n) is 4.55. The number of nitrogens with two attached hydrogens (primary N) is 1. The second-order valence-corrected chi connectivity index (χ2v) is 11.7. The summed E-state index contributed by atoms with van der Waals surface area (Å²) in [6, 6.07) is 28.6. The molecule has 43 heavy (non-hydrogen) atoms. The van der Waals surface area contributed by atoms with Crippen LogP contribution in [-0.4, -0.2) is 37.5 Å². The van der Waals surface area contributed by atoms with Crippen LogP contribution in [0.25, 0.3) is 0 Å². The highest BCUT2D eigenvalue weighted by Crippen LogP contribution is 2.32. The summed E-state index contributed by atoms with van der Waals surface area (Å²) >= 11 is 6.13. The molecule has 2 N–H and O–H groups in total. The van der Waals surface area contributed by atoms with Crippen molar-refractivity contribution in [1.29, 1.82) is 0 Å². The Balaban J connectivity index is 1.63. The van der Waals surface area contributed by atoms with Gasteiger partial charge in [0.15, 0.2) is 0 Å². The molecule has 4 aromatic rings. The van der Waals surface area contributed by atoms with Gasteiger partial charge in [-0.1, -0.05) is 84.4 Å². The number of amidine groups is 1. The zero-order valence-electron chi connectivity index (χ0n) is 22.5. The number of benzene rings is 4. The third-order valence-corrected chi connectivity index (χ3v) is 8.26. The van der Waals surface area contributed by atoms with Gasteiger partial charge in [0.2, 0.25) is 0 Å². The van der Waals surface area contributed by atoms with Crippen molar-refractivity contribution in [3.63, 3.8) is 0 Å². The normalized spacial score (nSPS) is 16.6. The summed E-state index contributed by atoms with van der Waals surface area (Å²) in [7, 11) is -4.52. The predicted molar refractivity (Wildman–Crippen MR) is 162 cm³/mol. The number of halogens is 4. The standard InChI is InChI=1S/C31H25ClF3N5O2S/c32-25-15-11-22(12-16-25)28-27(21-7-3-1-4-8-21)19-20-40(38-28)30(37-29(36)23-9-5-2-6-10-23)39-43(41,42)26-17-13-24(14-18-26)31(33,34)35/h1-18,27H,19-20H2,(H2,36,37,39). The van der Waals surface area contributed by atoms with Crippen molar-refractivity contribution in [3.05, 3.63) is 136 Å². The summed E-state index contributed by atoms with van der Waals surface area (Å²) < 4.78 is 69.9. The average molecular weight is 624 g/mol. The Kier molecular flexibility index (Phi) is 8.65. The van der Waals surface area contributed by atoms with Crippen LogP contribution in [0.5, 0.6) is 0 Å². The van der Waals surface area contributed by atoms with Gasteiger partial charge in [0.1, 0.15) is 5.84 Å². The molecular weight excluding hydrogens is 599 g/mol. The van der Waals surface area contributed by atoms with E-state index in [9.17, 15) is 21.6 Å². The summed E-state index contributed by atoms with van der Waals surface area (Å²) in [6.45, 7) is 0.226. The second-order valence-electron chi connectivity index (χ2n) is 9.62. The molecule has 0 aliphatic carbocycles. The van der Waals surface area contributed by atoms with E-state index in [1.807, 2.05) is 42.5 Å². The number of alkyl halides is 3. The van der Waals surface area contributed by atoms with Gasteiger partial charge >= 0.3 is 6.18 Å². The van der Waals surface area contributed by atoms with Crippen LogP contribution in [0.3, 0.4) is 0 Å². The first-order valence-electron chi connectivity index (χ1n) is 13.1. The average Bonchev–Trinajstić information content (AvgIpc) is 3.01. The topological polar surface area (TPSA) is 100 Å². The van der Waals surface area contributed by atoms with E-state index in [1.54, 1.807) is 42.5 Å². The van der Waals surface area contributed by atoms with Crippen LogP contribution in [0.4, 0.5) is 13.2 Å². The van der Waals surface area contributed by atoms with Crippen molar-refractivity contribution >= 4 is 39.1 Å². The van der Waals surface area contributed by atoms with Gasteiger partial charge in [0.05, 0.1) is 16.2 Å². The zero-order valence-corrected chi connectivity index (χ0v) is 24.1. The summed E-state index contributed by atoms with van der Waals surface area (Å²) in [6.07, 6.45) is -4.10. The van der Waals surface area contributed by atoms with Crippen molar-refractivity contribution in [2.45, 2.75) is 23.4 Å². The summed E-state index contributed by atoms with van der Waals surface area (Å²) in [5.41, 5.74) is 8.20. The van der Waals surface area contributed by atoms with Crippen molar-refractivity contribution in [2.75, 3.05) is 6.54 Å². The maximum absolute atomic E-state index is 13.4. The number of rotatable bonds is 5. The van der Waals surface area contributed by atoms with Crippen LogP contribution < -0.4 is 5.73 Å². The van der Waals surface area contributed by atoms with Gasteiger partial charge in [-0.25, -0.2) is 5.01 Å². The number of aliphatic imine (C=N–C) groups is 1. The summed E-state index contributed by atoms with van der Waals surface area (Å²) in [5, 5.41) is 6.70. The zero-order chi connectivity index (χ0) is 30.6. The van der Waals surface area contributed by atoms with E-state index in [0.717, 1.165) is 23.3 Å². The number of nitrogens with zero attached hydrogens (tertiary/aromatic N) is 4. The van der Waals surface area contributed by atoms with Gasteiger partial charge in [-0.15, -0.1) is 4.40 Å². The highest BCUT2D eigenvalue weighted by molar-refractivity contribution is 7.90. The lowest BCUT2D eigenvalue weighted by atomic mass is 9.86. The smallest absolute Gasteiger partial charge is 0.383 e. The fourth-order valence-corrected chi connectivity index (χ4v) is 5.62. The van der Waals surface area contributed by atoms with Crippen LogP contribution >= 0.6 is 11.6 Å². The lowest BCUT2D eigenvalue weighted by molar-refractivity contribution is -0.137. The van der Waals surface area contributed by atoms with E-state index in [4.69, 9.17) is 22.4 Å². The van der Waals surface area contributed by atoms with Crippen molar-refractivity contribution in [3.8, 4) is 0 Å². The number of hydrogen-bond acceptors (Lipinski definition) is 3. The minimum atomic E-state index is -4.62. The summed E-state index contributed by atoms with van der Waals surface area (Å²) in [5.74, 6) is -0.489. The van der Waals surface area contributed by atoms with Crippen LogP contribution in [-0.2, 0) is 16.2 Å². The molecule has 12 heteroatoms. The molecule has 0 spiro atoms. The molecule has 0 amide bonds. The predicted octanol–water partition coefficient (Wildman–Crippen LogP) is 6.70. The molecule has 0 fully saturated rings. The van der Waals surface area contributed by atoms with E-state index >= 15 is 0 Å². The van der Waals surface area contributed by atoms with Crippen LogP contribution in [0, 0.1) is 0 Å². The number of guanidine groups is 1. The molecule has 0 radical (unpaired) electrons. The monoisotopic (exact) mass is 623 g/mol. The molecular formula is C31H25ClF3N5O2S. The lowest BCUT2D eigenvalue weighted by Crippen LogP contribution is -2.36. The Morgan fingerprint density at radius 2 is 1.49 bits per heavy atom. The van der Waals surface area contributed by atoms with Crippen LogP contribution in [0.1, 0.15) is 34.6 Å². The first-order valence-corrected chi connectivity index (χ1v) is 14.9. The SMILES string of the molecule is N/C(=N\C(=N\S(=O)(=O)c1ccc(C(F)(F)F)cc1)N1CCC(c2ccccc2)C(c2ccc(Cl)cc2)=N1)c1ccccc1. The second kappa shape index (κ2) is 12.4. The highest BCUT2D eigenvalue weighted by atomic mass is 35.5. The molecule has 220 valence electrons. The fraction of sp³-hybridized carbons (Fsp3) is 0.129. The molecule has 7 nitrogen and oxygen atoms in total. The van der Waals surface area contributed by atoms with Gasteiger partial charge in [-0.05, 0) is 53.9 Å². The molecule has 0 saturated heterocycles. The molecule has 1 aliphatic heterocycles. The molecule has 4 aromatic carbocycles. The molecule has 0 bridgehead atoms. The third kappa shape index (κ3) is 7.12.